The summed E-state index contributed by atoms with van der Waals surface area (Å²) in [6.45, 7) is 0.554. The summed E-state index contributed by atoms with van der Waals surface area (Å²) in [6, 6.07) is 11.2. The molecule has 2 aromatic carbocycles. The second-order valence-electron chi connectivity index (χ2n) is 4.34. The summed E-state index contributed by atoms with van der Waals surface area (Å²) in [6.07, 6.45) is 0. The molecular weight excluding hydrogens is 290 g/mol. The fourth-order valence-electron chi connectivity index (χ4n) is 2.04. The lowest BCUT2D eigenvalue weighted by molar-refractivity contribution is 0.355. The highest BCUT2D eigenvalue weighted by molar-refractivity contribution is 6.31. The minimum absolute atomic E-state index is 0.554. The summed E-state index contributed by atoms with van der Waals surface area (Å²) < 4.78 is 15.8. The lowest BCUT2D eigenvalue weighted by Crippen LogP contribution is -2.03. The summed E-state index contributed by atoms with van der Waals surface area (Å²) in [5, 5.41) is 3.97. The van der Waals surface area contributed by atoms with Crippen LogP contribution >= 0.6 is 11.6 Å². The number of nitrogens with one attached hydrogen (secondary N) is 1. The van der Waals surface area contributed by atoms with E-state index in [2.05, 4.69) is 5.32 Å². The zero-order valence-electron chi connectivity index (χ0n) is 12.3. The molecule has 21 heavy (non-hydrogen) atoms. The number of hydrogen-bond acceptors (Lipinski definition) is 4. The van der Waals surface area contributed by atoms with Gasteiger partial charge in [-0.05, 0) is 24.3 Å². The molecule has 0 unspecified atom stereocenters. The third kappa shape index (κ3) is 3.52. The first-order valence-corrected chi connectivity index (χ1v) is 6.84. The van der Waals surface area contributed by atoms with E-state index in [4.69, 9.17) is 25.8 Å². The molecule has 2 aromatic rings. The second-order valence-corrected chi connectivity index (χ2v) is 4.75. The van der Waals surface area contributed by atoms with Crippen LogP contribution in [0, 0.1) is 0 Å². The molecule has 0 atom stereocenters. The number of hydrogen-bond donors (Lipinski definition) is 1. The Morgan fingerprint density at radius 3 is 2.29 bits per heavy atom. The van der Waals surface area contributed by atoms with Crippen LogP contribution in [0.4, 0.5) is 5.69 Å². The molecule has 0 spiro atoms. The predicted octanol–water partition coefficient (Wildman–Crippen LogP) is 3.98. The van der Waals surface area contributed by atoms with Gasteiger partial charge in [-0.25, -0.2) is 0 Å². The van der Waals surface area contributed by atoms with Gasteiger partial charge in [-0.3, -0.25) is 0 Å². The first kappa shape index (κ1) is 15.3. The third-order valence-electron chi connectivity index (χ3n) is 3.15. The molecule has 0 amide bonds. The predicted molar refractivity (Wildman–Crippen MR) is 84.9 cm³/mol. The van der Waals surface area contributed by atoms with Crippen molar-refractivity contribution in [2.75, 3.05) is 26.6 Å². The lowest BCUT2D eigenvalue weighted by Gasteiger charge is -2.14. The van der Waals surface area contributed by atoms with Crippen molar-refractivity contribution in [2.24, 2.45) is 0 Å². The van der Waals surface area contributed by atoms with Crippen molar-refractivity contribution in [1.29, 1.82) is 0 Å². The van der Waals surface area contributed by atoms with Gasteiger partial charge in [0.25, 0.3) is 0 Å². The van der Waals surface area contributed by atoms with Crippen molar-refractivity contribution < 1.29 is 14.2 Å². The summed E-state index contributed by atoms with van der Waals surface area (Å²) in [7, 11) is 4.85. The molecule has 112 valence electrons. The molecule has 0 aliphatic rings. The standard InChI is InChI=1S/C16H18ClNO3/c1-19-14-6-4-5-13(17)12(14)10-18-11-7-8-15(20-2)16(9-11)21-3/h4-9,18H,10H2,1-3H3. The molecule has 4 nitrogen and oxygen atoms in total. The Bertz CT molecular complexity index is 616. The monoisotopic (exact) mass is 307 g/mol. The number of benzene rings is 2. The van der Waals surface area contributed by atoms with Crippen molar-refractivity contribution in [3.63, 3.8) is 0 Å². The van der Waals surface area contributed by atoms with Crippen LogP contribution in [-0.4, -0.2) is 21.3 Å². The summed E-state index contributed by atoms with van der Waals surface area (Å²) >= 11 is 6.22. The fraction of sp³-hybridized carbons (Fsp3) is 0.250. The van der Waals surface area contributed by atoms with E-state index < -0.39 is 0 Å². The molecule has 5 heteroatoms. The van der Waals surface area contributed by atoms with E-state index in [0.29, 0.717) is 23.1 Å². The van der Waals surface area contributed by atoms with E-state index in [1.54, 1.807) is 21.3 Å². The average Bonchev–Trinajstić information content (AvgIpc) is 2.53. The van der Waals surface area contributed by atoms with E-state index in [-0.39, 0.29) is 0 Å². The van der Waals surface area contributed by atoms with Crippen LogP contribution in [0.3, 0.4) is 0 Å². The van der Waals surface area contributed by atoms with Gasteiger partial charge in [-0.1, -0.05) is 17.7 Å². The molecule has 0 saturated carbocycles. The Labute approximate surface area is 129 Å². The molecule has 1 N–H and O–H groups in total. The first-order valence-electron chi connectivity index (χ1n) is 6.47. The van der Waals surface area contributed by atoms with Gasteiger partial charge >= 0.3 is 0 Å². The minimum Gasteiger partial charge on any atom is -0.496 e. The molecule has 0 fully saturated rings. The topological polar surface area (TPSA) is 39.7 Å². The molecule has 0 radical (unpaired) electrons. The van der Waals surface area contributed by atoms with Crippen LogP contribution < -0.4 is 19.5 Å². The first-order chi connectivity index (χ1) is 10.2. The van der Waals surface area contributed by atoms with Crippen molar-refractivity contribution in [2.45, 2.75) is 6.54 Å². The smallest absolute Gasteiger partial charge is 0.162 e. The van der Waals surface area contributed by atoms with Gasteiger partial charge in [0.2, 0.25) is 0 Å². The highest BCUT2D eigenvalue weighted by Crippen LogP contribution is 2.31. The van der Waals surface area contributed by atoms with Gasteiger partial charge in [-0.2, -0.15) is 0 Å². The van der Waals surface area contributed by atoms with Crippen molar-refractivity contribution in [1.82, 2.24) is 0 Å². The van der Waals surface area contributed by atoms with Crippen LogP contribution in [0.2, 0.25) is 5.02 Å². The van der Waals surface area contributed by atoms with Gasteiger partial charge < -0.3 is 19.5 Å². The SMILES string of the molecule is COc1ccc(NCc2c(Cl)cccc2OC)cc1OC. The highest BCUT2D eigenvalue weighted by atomic mass is 35.5. The molecule has 0 aliphatic carbocycles. The molecule has 0 aromatic heterocycles. The normalized spacial score (nSPS) is 10.1. The van der Waals surface area contributed by atoms with Crippen LogP contribution in [-0.2, 0) is 6.54 Å². The number of halogens is 1. The number of rotatable bonds is 6. The molecular formula is C16H18ClNO3. The van der Waals surface area contributed by atoms with Crippen LogP contribution in [0.1, 0.15) is 5.56 Å². The van der Waals surface area contributed by atoms with Crippen molar-refractivity contribution >= 4 is 17.3 Å². The lowest BCUT2D eigenvalue weighted by atomic mass is 10.2. The number of methoxy groups -OCH3 is 3. The van der Waals surface area contributed by atoms with Crippen LogP contribution in [0.25, 0.3) is 0 Å². The Morgan fingerprint density at radius 1 is 0.905 bits per heavy atom. The molecule has 0 heterocycles. The van der Waals surface area contributed by atoms with Crippen molar-refractivity contribution in [3.8, 4) is 17.2 Å². The largest absolute Gasteiger partial charge is 0.496 e. The van der Waals surface area contributed by atoms with Gasteiger partial charge in [-0.15, -0.1) is 0 Å². The van der Waals surface area contributed by atoms with Gasteiger partial charge in [0.15, 0.2) is 11.5 Å². The van der Waals surface area contributed by atoms with Crippen molar-refractivity contribution in [3.05, 3.63) is 47.0 Å². The maximum absolute atomic E-state index is 6.22. The van der Waals surface area contributed by atoms with Crippen LogP contribution in [0.5, 0.6) is 17.2 Å². The summed E-state index contributed by atoms with van der Waals surface area (Å²) in [5.41, 5.74) is 1.83. The molecule has 2 rings (SSSR count). The molecule has 0 bridgehead atoms. The van der Waals surface area contributed by atoms with Gasteiger partial charge in [0, 0.05) is 28.9 Å². The zero-order chi connectivity index (χ0) is 15.2. The van der Waals surface area contributed by atoms with E-state index in [1.807, 2.05) is 36.4 Å². The second kappa shape index (κ2) is 7.09. The fourth-order valence-corrected chi connectivity index (χ4v) is 2.27. The Morgan fingerprint density at radius 2 is 1.62 bits per heavy atom. The average molecular weight is 308 g/mol. The Hall–Kier alpha value is -2.07. The minimum atomic E-state index is 0.554. The maximum Gasteiger partial charge on any atom is 0.162 e. The highest BCUT2D eigenvalue weighted by Gasteiger charge is 2.09. The number of anilines is 1. The Balaban J connectivity index is 2.17. The number of ether oxygens (including phenoxy) is 3. The third-order valence-corrected chi connectivity index (χ3v) is 3.50. The van der Waals surface area contributed by atoms with E-state index >= 15 is 0 Å². The molecule has 0 aliphatic heterocycles. The van der Waals surface area contributed by atoms with Gasteiger partial charge in [0.05, 0.1) is 21.3 Å². The van der Waals surface area contributed by atoms with E-state index in [9.17, 15) is 0 Å². The summed E-state index contributed by atoms with van der Waals surface area (Å²) in [4.78, 5) is 0. The zero-order valence-corrected chi connectivity index (χ0v) is 13.0. The van der Waals surface area contributed by atoms with E-state index in [0.717, 1.165) is 17.0 Å². The summed E-state index contributed by atoms with van der Waals surface area (Å²) in [5.74, 6) is 2.13. The van der Waals surface area contributed by atoms with E-state index in [1.165, 1.54) is 0 Å². The Kier molecular flexibility index (Phi) is 5.17. The maximum atomic E-state index is 6.22. The quantitative estimate of drug-likeness (QED) is 0.876. The molecule has 0 saturated heterocycles. The van der Waals surface area contributed by atoms with Gasteiger partial charge in [0.1, 0.15) is 5.75 Å². The van der Waals surface area contributed by atoms with Crippen LogP contribution in [0.15, 0.2) is 36.4 Å².